The minimum Gasteiger partial charge on any atom is -0.461 e. The molecule has 0 amide bonds. The van der Waals surface area contributed by atoms with Gasteiger partial charge in [0.15, 0.2) is 11.1 Å². The highest BCUT2D eigenvalue weighted by atomic mass is 35.5. The molecule has 0 bridgehead atoms. The first-order chi connectivity index (χ1) is 6.99. The number of rotatable bonds is 3. The Morgan fingerprint density at radius 1 is 1.73 bits per heavy atom. The molecule has 1 heterocycles. The lowest BCUT2D eigenvalue weighted by Crippen LogP contribution is -2.09. The van der Waals surface area contributed by atoms with Crippen LogP contribution >= 0.6 is 11.6 Å². The van der Waals surface area contributed by atoms with Crippen molar-refractivity contribution in [2.24, 2.45) is 7.05 Å². The van der Waals surface area contributed by atoms with E-state index < -0.39 is 17.0 Å². The van der Waals surface area contributed by atoms with Gasteiger partial charge in [-0.1, -0.05) is 11.6 Å². The number of carbonyl (C=O) groups excluding carboxylic acids is 1. The number of halogens is 1. The quantitative estimate of drug-likeness (QED) is 0.652. The van der Waals surface area contributed by atoms with Gasteiger partial charge in [-0.2, -0.15) is 0 Å². The summed E-state index contributed by atoms with van der Waals surface area (Å²) in [7, 11) is 1.55. The van der Waals surface area contributed by atoms with Crippen LogP contribution in [-0.4, -0.2) is 25.9 Å². The maximum absolute atomic E-state index is 11.4. The Kier molecular flexibility index (Phi) is 3.90. The van der Waals surface area contributed by atoms with Gasteiger partial charge in [0.1, 0.15) is 10.6 Å². The van der Waals surface area contributed by atoms with Crippen LogP contribution in [-0.2, 0) is 22.9 Å². The summed E-state index contributed by atoms with van der Waals surface area (Å²) in [6.45, 7) is 1.89. The van der Waals surface area contributed by atoms with Crippen molar-refractivity contribution < 1.29 is 18.3 Å². The summed E-state index contributed by atoms with van der Waals surface area (Å²) in [5, 5.41) is -0.0446. The highest BCUT2D eigenvalue weighted by molar-refractivity contribution is 7.79. The van der Waals surface area contributed by atoms with Crippen LogP contribution in [0.3, 0.4) is 0 Å². The minimum atomic E-state index is -2.21. The second kappa shape index (κ2) is 4.78. The molecule has 1 rings (SSSR count). The summed E-state index contributed by atoms with van der Waals surface area (Å²) in [6, 6.07) is 0. The third-order valence-electron chi connectivity index (χ3n) is 1.74. The molecule has 1 aromatic heterocycles. The van der Waals surface area contributed by atoms with Crippen LogP contribution in [0.15, 0.2) is 11.1 Å². The van der Waals surface area contributed by atoms with E-state index in [1.165, 1.54) is 10.8 Å². The van der Waals surface area contributed by atoms with Crippen LogP contribution in [0.4, 0.5) is 0 Å². The standard InChI is InChI=1S/C8H10ClNO4S/c1-3-14-8(11)7-6(9)5(15(12)13)4-10(7)2/h4H,3H2,1-2H3,(H,12,13). The molecule has 0 aliphatic heterocycles. The summed E-state index contributed by atoms with van der Waals surface area (Å²) in [4.78, 5) is 11.4. The van der Waals surface area contributed by atoms with Crippen LogP contribution < -0.4 is 0 Å². The van der Waals surface area contributed by atoms with Gasteiger partial charge in [-0.25, -0.2) is 9.00 Å². The third-order valence-corrected chi connectivity index (χ3v) is 2.93. The molecule has 7 heteroatoms. The number of hydrogen-bond acceptors (Lipinski definition) is 3. The van der Waals surface area contributed by atoms with Crippen molar-refractivity contribution in [1.82, 2.24) is 4.57 Å². The molecular formula is C8H10ClNO4S. The maximum atomic E-state index is 11.4. The zero-order chi connectivity index (χ0) is 11.6. The summed E-state index contributed by atoms with van der Waals surface area (Å²) < 4.78 is 25.8. The highest BCUT2D eigenvalue weighted by Gasteiger charge is 2.22. The fourth-order valence-electron chi connectivity index (χ4n) is 1.12. The molecule has 0 aliphatic rings. The molecule has 0 saturated carbocycles. The molecule has 1 N–H and O–H groups in total. The molecule has 84 valence electrons. The van der Waals surface area contributed by atoms with Crippen LogP contribution in [0.25, 0.3) is 0 Å². The fraction of sp³-hybridized carbons (Fsp3) is 0.375. The average Bonchev–Trinajstić information content (AvgIpc) is 2.42. The number of ether oxygens (including phenoxy) is 1. The molecule has 0 aliphatic carbocycles. The van der Waals surface area contributed by atoms with E-state index in [2.05, 4.69) is 0 Å². The van der Waals surface area contributed by atoms with Gasteiger partial charge in [0, 0.05) is 13.2 Å². The Bertz CT molecular complexity index is 415. The molecule has 1 unspecified atom stereocenters. The van der Waals surface area contributed by atoms with Crippen molar-refractivity contribution >= 4 is 28.7 Å². The Hall–Kier alpha value is -0.850. The van der Waals surface area contributed by atoms with Crippen molar-refractivity contribution in [3.8, 4) is 0 Å². The monoisotopic (exact) mass is 251 g/mol. The maximum Gasteiger partial charge on any atom is 0.356 e. The minimum absolute atomic E-state index is 0.00206. The van der Waals surface area contributed by atoms with Gasteiger partial charge in [0.05, 0.1) is 11.6 Å². The van der Waals surface area contributed by atoms with Crippen LogP contribution in [0.1, 0.15) is 17.4 Å². The van der Waals surface area contributed by atoms with Gasteiger partial charge in [0.2, 0.25) is 0 Å². The molecule has 0 aromatic carbocycles. The molecular weight excluding hydrogens is 242 g/mol. The van der Waals surface area contributed by atoms with E-state index in [1.807, 2.05) is 0 Å². The third kappa shape index (κ3) is 2.39. The van der Waals surface area contributed by atoms with Gasteiger partial charge in [-0.3, -0.25) is 0 Å². The number of carbonyl (C=O) groups is 1. The Labute approximate surface area is 94.3 Å². The molecule has 0 spiro atoms. The lowest BCUT2D eigenvalue weighted by Gasteiger charge is -2.02. The molecule has 0 saturated heterocycles. The van der Waals surface area contributed by atoms with E-state index >= 15 is 0 Å². The largest absolute Gasteiger partial charge is 0.461 e. The summed E-state index contributed by atoms with van der Waals surface area (Å²) in [5.41, 5.74) is 0.0796. The first-order valence-electron chi connectivity index (χ1n) is 4.11. The number of esters is 1. The zero-order valence-electron chi connectivity index (χ0n) is 8.19. The van der Waals surface area contributed by atoms with Gasteiger partial charge < -0.3 is 13.9 Å². The number of aromatic nitrogens is 1. The van der Waals surface area contributed by atoms with Gasteiger partial charge in [-0.05, 0) is 6.92 Å². The first kappa shape index (κ1) is 12.2. The predicted molar refractivity (Wildman–Crippen MR) is 55.4 cm³/mol. The topological polar surface area (TPSA) is 68.5 Å². The highest BCUT2D eigenvalue weighted by Crippen LogP contribution is 2.25. The number of aryl methyl sites for hydroxylation is 1. The van der Waals surface area contributed by atoms with E-state index in [9.17, 15) is 9.00 Å². The zero-order valence-corrected chi connectivity index (χ0v) is 9.76. The Morgan fingerprint density at radius 2 is 2.33 bits per heavy atom. The smallest absolute Gasteiger partial charge is 0.356 e. The molecule has 1 atom stereocenters. The summed E-state index contributed by atoms with van der Waals surface area (Å²) >= 11 is 3.57. The van der Waals surface area contributed by atoms with Gasteiger partial charge in [-0.15, -0.1) is 0 Å². The van der Waals surface area contributed by atoms with Crippen LogP contribution in [0, 0.1) is 0 Å². The summed E-state index contributed by atoms with van der Waals surface area (Å²) in [6.07, 6.45) is 1.32. The van der Waals surface area contributed by atoms with Crippen molar-refractivity contribution in [3.63, 3.8) is 0 Å². The lowest BCUT2D eigenvalue weighted by atomic mass is 10.4. The summed E-state index contributed by atoms with van der Waals surface area (Å²) in [5.74, 6) is -0.610. The molecule has 0 radical (unpaired) electrons. The molecule has 5 nitrogen and oxygen atoms in total. The van der Waals surface area contributed by atoms with E-state index in [4.69, 9.17) is 20.9 Å². The average molecular weight is 252 g/mol. The first-order valence-corrected chi connectivity index (χ1v) is 5.60. The Balaban J connectivity index is 3.19. The SMILES string of the molecule is CCOC(=O)c1c(Cl)c(S(=O)O)cn1C. The second-order valence-corrected chi connectivity index (χ2v) is 4.05. The normalized spacial score (nSPS) is 12.5. The van der Waals surface area contributed by atoms with Crippen molar-refractivity contribution in [1.29, 1.82) is 0 Å². The number of hydrogen-bond donors (Lipinski definition) is 1. The van der Waals surface area contributed by atoms with Crippen molar-refractivity contribution in [3.05, 3.63) is 16.9 Å². The van der Waals surface area contributed by atoms with E-state index in [1.54, 1.807) is 14.0 Å². The van der Waals surface area contributed by atoms with Crippen LogP contribution in [0.2, 0.25) is 5.02 Å². The van der Waals surface area contributed by atoms with Crippen LogP contribution in [0.5, 0.6) is 0 Å². The molecule has 1 aromatic rings. The van der Waals surface area contributed by atoms with Gasteiger partial charge in [0.25, 0.3) is 0 Å². The molecule has 15 heavy (non-hydrogen) atoms. The Morgan fingerprint density at radius 3 is 2.73 bits per heavy atom. The molecule has 0 fully saturated rings. The van der Waals surface area contributed by atoms with Gasteiger partial charge >= 0.3 is 5.97 Å². The van der Waals surface area contributed by atoms with E-state index in [0.29, 0.717) is 0 Å². The van der Waals surface area contributed by atoms with Crippen molar-refractivity contribution in [2.45, 2.75) is 11.8 Å². The fourth-order valence-corrected chi connectivity index (χ4v) is 2.08. The van der Waals surface area contributed by atoms with E-state index in [-0.39, 0.29) is 22.2 Å². The van der Waals surface area contributed by atoms with Crippen molar-refractivity contribution in [2.75, 3.05) is 6.61 Å². The predicted octanol–water partition coefficient (Wildman–Crippen LogP) is 1.44. The number of nitrogens with zero attached hydrogens (tertiary/aromatic N) is 1. The lowest BCUT2D eigenvalue weighted by molar-refractivity contribution is 0.0515. The second-order valence-electron chi connectivity index (χ2n) is 2.74. The van der Waals surface area contributed by atoms with E-state index in [0.717, 1.165) is 0 Å².